The van der Waals surface area contributed by atoms with Crippen LogP contribution in [0.5, 0.6) is 11.5 Å². The van der Waals surface area contributed by atoms with Crippen molar-refractivity contribution in [2.24, 2.45) is 0 Å². The number of hydrogen-bond donors (Lipinski definition) is 2. The number of anilines is 2. The van der Waals surface area contributed by atoms with E-state index in [4.69, 9.17) is 9.47 Å². The average Bonchev–Trinajstić information content (AvgIpc) is 2.85. The molecular formula is C24H28F3N5O3. The summed E-state index contributed by atoms with van der Waals surface area (Å²) in [6.45, 7) is 7.18. The number of nitrogens with one attached hydrogen (secondary N) is 2. The number of methoxy groups -OCH3 is 2. The second kappa shape index (κ2) is 11.2. The maximum Gasteiger partial charge on any atom is 0.451 e. The molecule has 0 atom stereocenters. The minimum absolute atomic E-state index is 0.0386. The second-order valence-corrected chi connectivity index (χ2v) is 7.60. The van der Waals surface area contributed by atoms with Crippen LogP contribution < -0.4 is 20.1 Å². The Balaban J connectivity index is 1.86. The van der Waals surface area contributed by atoms with E-state index in [1.165, 1.54) is 26.4 Å². The summed E-state index contributed by atoms with van der Waals surface area (Å²) in [5, 5.41) is 6.08. The lowest BCUT2D eigenvalue weighted by Crippen LogP contribution is -2.34. The molecule has 2 aromatic carbocycles. The highest BCUT2D eigenvalue weighted by molar-refractivity contribution is 5.95. The smallest absolute Gasteiger partial charge is 0.451 e. The fourth-order valence-electron chi connectivity index (χ4n) is 3.49. The molecule has 1 aromatic heterocycles. The molecule has 0 aliphatic heterocycles. The summed E-state index contributed by atoms with van der Waals surface area (Å²) in [4.78, 5) is 22.0. The van der Waals surface area contributed by atoms with Gasteiger partial charge in [0.25, 0.3) is 5.91 Å². The van der Waals surface area contributed by atoms with Crippen molar-refractivity contribution in [3.63, 3.8) is 0 Å². The van der Waals surface area contributed by atoms with Gasteiger partial charge in [-0.05, 0) is 43.4 Å². The van der Waals surface area contributed by atoms with Gasteiger partial charge in [0.1, 0.15) is 5.82 Å². The van der Waals surface area contributed by atoms with Crippen LogP contribution in [0.4, 0.5) is 24.7 Å². The van der Waals surface area contributed by atoms with Crippen LogP contribution in [0, 0.1) is 0 Å². The minimum atomic E-state index is -4.75. The van der Waals surface area contributed by atoms with E-state index in [9.17, 15) is 18.0 Å². The van der Waals surface area contributed by atoms with Gasteiger partial charge in [-0.3, -0.25) is 4.79 Å². The fraction of sp³-hybridized carbons (Fsp3) is 0.375. The molecule has 0 saturated heterocycles. The Morgan fingerprint density at radius 1 is 1.00 bits per heavy atom. The molecule has 1 heterocycles. The first-order chi connectivity index (χ1) is 16.7. The zero-order chi connectivity index (χ0) is 25.6. The van der Waals surface area contributed by atoms with E-state index >= 15 is 0 Å². The molecule has 11 heteroatoms. The lowest BCUT2D eigenvalue weighted by molar-refractivity contribution is -0.144. The van der Waals surface area contributed by atoms with Crippen LogP contribution in [-0.4, -0.2) is 61.2 Å². The second-order valence-electron chi connectivity index (χ2n) is 7.60. The van der Waals surface area contributed by atoms with Crippen LogP contribution in [0.3, 0.4) is 0 Å². The van der Waals surface area contributed by atoms with E-state index in [1.54, 1.807) is 24.3 Å². The summed E-state index contributed by atoms with van der Waals surface area (Å²) < 4.78 is 50.8. The van der Waals surface area contributed by atoms with Crippen molar-refractivity contribution in [1.29, 1.82) is 0 Å². The third-order valence-electron chi connectivity index (χ3n) is 5.47. The lowest BCUT2D eigenvalue weighted by Gasteiger charge is -2.18. The zero-order valence-electron chi connectivity index (χ0n) is 20.0. The van der Waals surface area contributed by atoms with Gasteiger partial charge in [-0.15, -0.1) is 0 Å². The molecule has 2 N–H and O–H groups in total. The van der Waals surface area contributed by atoms with E-state index < -0.39 is 12.0 Å². The summed E-state index contributed by atoms with van der Waals surface area (Å²) in [5.74, 6) is -1.01. The van der Waals surface area contributed by atoms with Gasteiger partial charge in [0.05, 0.1) is 19.7 Å². The largest absolute Gasteiger partial charge is 0.493 e. The Hall–Kier alpha value is -3.60. The molecule has 35 heavy (non-hydrogen) atoms. The molecule has 0 spiro atoms. The van der Waals surface area contributed by atoms with Crippen molar-refractivity contribution in [1.82, 2.24) is 20.2 Å². The molecule has 1 amide bonds. The third-order valence-corrected chi connectivity index (χ3v) is 5.47. The molecule has 0 aliphatic carbocycles. The Bertz CT molecular complexity index is 1170. The molecule has 8 nitrogen and oxygen atoms in total. The molecule has 0 fully saturated rings. The summed E-state index contributed by atoms with van der Waals surface area (Å²) in [7, 11) is 2.81. The van der Waals surface area contributed by atoms with Crippen LogP contribution in [0.1, 0.15) is 30.0 Å². The number of carbonyl (C=O) groups excluding carboxylic acids is 1. The summed E-state index contributed by atoms with van der Waals surface area (Å²) in [5.41, 5.74) is 0.925. The maximum atomic E-state index is 13.4. The number of rotatable bonds is 10. The summed E-state index contributed by atoms with van der Waals surface area (Å²) in [6.07, 6.45) is -4.75. The van der Waals surface area contributed by atoms with Crippen LogP contribution in [0.2, 0.25) is 0 Å². The zero-order valence-corrected chi connectivity index (χ0v) is 20.0. The van der Waals surface area contributed by atoms with E-state index in [1.807, 2.05) is 0 Å². The third kappa shape index (κ3) is 6.30. The van der Waals surface area contributed by atoms with E-state index in [-0.39, 0.29) is 23.0 Å². The number of likely N-dealkylation sites (N-methyl/N-ethyl adjacent to an activating group) is 1. The van der Waals surface area contributed by atoms with Gasteiger partial charge in [-0.2, -0.15) is 13.2 Å². The number of aromatic nitrogens is 2. The van der Waals surface area contributed by atoms with E-state index in [0.29, 0.717) is 28.9 Å². The van der Waals surface area contributed by atoms with Crippen LogP contribution >= 0.6 is 0 Å². The number of halogens is 3. The number of fused-ring (bicyclic) bond motifs is 1. The molecule has 0 radical (unpaired) electrons. The minimum Gasteiger partial charge on any atom is -0.493 e. The molecule has 3 aromatic rings. The highest BCUT2D eigenvalue weighted by atomic mass is 19.4. The normalized spacial score (nSPS) is 11.5. The molecule has 0 aliphatic rings. The van der Waals surface area contributed by atoms with Crippen LogP contribution in [0.15, 0.2) is 36.4 Å². The Labute approximate surface area is 201 Å². The van der Waals surface area contributed by atoms with Gasteiger partial charge in [0, 0.05) is 35.8 Å². The molecule has 0 bridgehead atoms. The van der Waals surface area contributed by atoms with Gasteiger partial charge in [-0.25, -0.2) is 9.97 Å². The van der Waals surface area contributed by atoms with E-state index in [0.717, 1.165) is 19.6 Å². The first-order valence-electron chi connectivity index (χ1n) is 11.1. The van der Waals surface area contributed by atoms with E-state index in [2.05, 4.69) is 39.3 Å². The van der Waals surface area contributed by atoms with Gasteiger partial charge >= 0.3 is 6.18 Å². The maximum absolute atomic E-state index is 13.4. The number of amides is 1. The number of alkyl halides is 3. The van der Waals surface area contributed by atoms with Gasteiger partial charge in [0.2, 0.25) is 5.82 Å². The summed E-state index contributed by atoms with van der Waals surface area (Å²) in [6, 6.07) is 9.25. The number of ether oxygens (including phenoxy) is 2. The summed E-state index contributed by atoms with van der Waals surface area (Å²) >= 11 is 0. The average molecular weight is 492 g/mol. The number of carbonyl (C=O) groups is 1. The predicted molar refractivity (Wildman–Crippen MR) is 127 cm³/mol. The van der Waals surface area contributed by atoms with Gasteiger partial charge in [0.15, 0.2) is 11.5 Å². The highest BCUT2D eigenvalue weighted by Gasteiger charge is 2.36. The molecular weight excluding hydrogens is 463 g/mol. The Morgan fingerprint density at radius 3 is 2.20 bits per heavy atom. The number of hydrogen-bond acceptors (Lipinski definition) is 7. The Morgan fingerprint density at radius 2 is 1.63 bits per heavy atom. The van der Waals surface area contributed by atoms with Crippen molar-refractivity contribution in [3.8, 4) is 11.5 Å². The van der Waals surface area contributed by atoms with Crippen LogP contribution in [-0.2, 0) is 6.18 Å². The van der Waals surface area contributed by atoms with Gasteiger partial charge < -0.3 is 25.0 Å². The van der Waals surface area contributed by atoms with Crippen molar-refractivity contribution >= 4 is 28.3 Å². The SMILES string of the molecule is CCN(CC)CCNC(=O)c1ccc(Nc2nc(C(F)(F)F)nc3cc(OC)c(OC)cc23)cc1. The fourth-order valence-corrected chi connectivity index (χ4v) is 3.49. The van der Waals surface area contributed by atoms with Crippen molar-refractivity contribution < 1.29 is 27.4 Å². The van der Waals surface area contributed by atoms with Crippen molar-refractivity contribution in [2.75, 3.05) is 45.7 Å². The highest BCUT2D eigenvalue weighted by Crippen LogP contribution is 2.37. The number of nitrogens with zero attached hydrogens (tertiary/aromatic N) is 3. The Kier molecular flexibility index (Phi) is 8.34. The molecule has 0 unspecified atom stereocenters. The first kappa shape index (κ1) is 26.0. The van der Waals surface area contributed by atoms with Crippen molar-refractivity contribution in [2.45, 2.75) is 20.0 Å². The quantitative estimate of drug-likeness (QED) is 0.432. The standard InChI is InChI=1S/C24H28F3N5O3/c1-5-32(6-2)12-11-28-22(33)15-7-9-16(10-8-15)29-21-17-13-19(34-3)20(35-4)14-18(17)30-23(31-21)24(25,26)27/h7-10,13-14H,5-6,11-12H2,1-4H3,(H,28,33)(H,29,30,31). The topological polar surface area (TPSA) is 88.6 Å². The van der Waals surface area contributed by atoms with Crippen molar-refractivity contribution in [3.05, 3.63) is 47.8 Å². The predicted octanol–water partition coefficient (Wildman–Crippen LogP) is 4.48. The molecule has 3 rings (SSSR count). The lowest BCUT2D eigenvalue weighted by atomic mass is 10.1. The molecule has 188 valence electrons. The number of benzene rings is 2. The van der Waals surface area contributed by atoms with Gasteiger partial charge in [-0.1, -0.05) is 13.8 Å². The first-order valence-corrected chi connectivity index (χ1v) is 11.1. The molecule has 0 saturated carbocycles. The van der Waals surface area contributed by atoms with Crippen LogP contribution in [0.25, 0.3) is 10.9 Å². The monoisotopic (exact) mass is 491 g/mol.